The van der Waals surface area contributed by atoms with Gasteiger partial charge in [-0.25, -0.2) is 9.37 Å². The van der Waals surface area contributed by atoms with Crippen LogP contribution in [0.25, 0.3) is 21.3 Å². The molecule has 2 heterocycles. The van der Waals surface area contributed by atoms with E-state index in [0.29, 0.717) is 46.1 Å². The maximum absolute atomic E-state index is 13.3. The van der Waals surface area contributed by atoms with Gasteiger partial charge in [-0.1, -0.05) is 48.2 Å². The van der Waals surface area contributed by atoms with Crippen molar-refractivity contribution in [3.63, 3.8) is 0 Å². The van der Waals surface area contributed by atoms with Crippen LogP contribution in [0.2, 0.25) is 0 Å². The number of Topliss-reactive ketones (excluding diaryl/α,β-unsaturated/α-hetero) is 1. The molecule has 0 radical (unpaired) electrons. The minimum Gasteiger partial charge on any atom is -0.294 e. The monoisotopic (exact) mass is 464 g/mol. The van der Waals surface area contributed by atoms with Crippen molar-refractivity contribution in [2.75, 3.05) is 5.75 Å². The van der Waals surface area contributed by atoms with Gasteiger partial charge in [-0.2, -0.15) is 0 Å². The maximum atomic E-state index is 13.3. The number of carbonyl (C=O) groups is 1. The lowest BCUT2D eigenvalue weighted by Crippen LogP contribution is -2.22. The van der Waals surface area contributed by atoms with Crippen molar-refractivity contribution in [1.29, 1.82) is 0 Å². The van der Waals surface area contributed by atoms with Crippen LogP contribution in [-0.2, 0) is 6.54 Å². The van der Waals surface area contributed by atoms with Crippen LogP contribution in [-0.4, -0.2) is 21.1 Å². The maximum Gasteiger partial charge on any atom is 0.263 e. The Morgan fingerprint density at radius 3 is 2.62 bits per heavy atom. The fourth-order valence-electron chi connectivity index (χ4n) is 3.41. The van der Waals surface area contributed by atoms with E-state index in [1.807, 2.05) is 35.7 Å². The normalized spacial score (nSPS) is 11.0. The molecule has 32 heavy (non-hydrogen) atoms. The molecule has 0 atom stereocenters. The Labute approximate surface area is 193 Å². The van der Waals surface area contributed by atoms with Crippen LogP contribution in [0.15, 0.2) is 82.6 Å². The van der Waals surface area contributed by atoms with Crippen LogP contribution < -0.4 is 5.56 Å². The number of nitrogens with zero attached hydrogens (tertiary/aromatic N) is 2. The molecule has 7 heteroatoms. The van der Waals surface area contributed by atoms with Crippen LogP contribution in [0.3, 0.4) is 0 Å². The summed E-state index contributed by atoms with van der Waals surface area (Å²) in [6.45, 7) is 4.14. The third kappa shape index (κ3) is 4.74. The van der Waals surface area contributed by atoms with Gasteiger partial charge >= 0.3 is 0 Å². The van der Waals surface area contributed by atoms with Crippen LogP contribution in [0.1, 0.15) is 23.2 Å². The number of fused-ring (bicyclic) bond motifs is 1. The van der Waals surface area contributed by atoms with E-state index in [9.17, 15) is 14.0 Å². The number of hydrogen-bond acceptors (Lipinski definition) is 5. The van der Waals surface area contributed by atoms with Crippen molar-refractivity contribution in [2.45, 2.75) is 24.5 Å². The zero-order valence-corrected chi connectivity index (χ0v) is 18.9. The van der Waals surface area contributed by atoms with Crippen LogP contribution >= 0.6 is 23.1 Å². The number of carbonyl (C=O) groups excluding carboxylic acids is 1. The molecule has 2 aromatic heterocycles. The summed E-state index contributed by atoms with van der Waals surface area (Å²) in [6.07, 6.45) is 2.66. The molecule has 0 unspecified atom stereocenters. The van der Waals surface area contributed by atoms with Gasteiger partial charge in [0.2, 0.25) is 0 Å². The second kappa shape index (κ2) is 10.1. The van der Waals surface area contributed by atoms with Gasteiger partial charge < -0.3 is 0 Å². The Hall–Kier alpha value is -3.03. The molecule has 0 bridgehead atoms. The van der Waals surface area contributed by atoms with Gasteiger partial charge in [-0.3, -0.25) is 14.2 Å². The van der Waals surface area contributed by atoms with E-state index in [1.54, 1.807) is 10.6 Å². The number of halogens is 1. The molecule has 0 fully saturated rings. The van der Waals surface area contributed by atoms with Gasteiger partial charge in [0.25, 0.3) is 5.56 Å². The Kier molecular flexibility index (Phi) is 6.97. The summed E-state index contributed by atoms with van der Waals surface area (Å²) in [4.78, 5) is 31.1. The van der Waals surface area contributed by atoms with E-state index in [4.69, 9.17) is 4.98 Å². The smallest absolute Gasteiger partial charge is 0.263 e. The molecule has 2 aromatic carbocycles. The molecule has 4 nitrogen and oxygen atoms in total. The first-order chi connectivity index (χ1) is 15.6. The zero-order chi connectivity index (χ0) is 22.5. The van der Waals surface area contributed by atoms with E-state index >= 15 is 0 Å². The molecule has 0 N–H and O–H groups in total. The second-order valence-corrected chi connectivity index (χ2v) is 9.10. The molecule has 0 aliphatic rings. The Morgan fingerprint density at radius 2 is 1.91 bits per heavy atom. The average Bonchev–Trinajstić information content (AvgIpc) is 3.24. The molecule has 0 spiro atoms. The molecule has 4 aromatic rings. The molecule has 0 amide bonds. The van der Waals surface area contributed by atoms with Crippen LogP contribution in [0, 0.1) is 5.82 Å². The van der Waals surface area contributed by atoms with E-state index < -0.39 is 0 Å². The lowest BCUT2D eigenvalue weighted by Gasteiger charge is -2.10. The van der Waals surface area contributed by atoms with Crippen molar-refractivity contribution in [3.05, 3.63) is 94.4 Å². The number of allylic oxidation sites excluding steroid dienone is 1. The largest absolute Gasteiger partial charge is 0.294 e. The van der Waals surface area contributed by atoms with E-state index in [0.717, 1.165) is 11.1 Å². The number of benzene rings is 2. The fourth-order valence-corrected chi connectivity index (χ4v) is 5.35. The molecule has 4 rings (SSSR count). The van der Waals surface area contributed by atoms with Crippen molar-refractivity contribution < 1.29 is 9.18 Å². The first-order valence-corrected chi connectivity index (χ1v) is 12.0. The number of hydrogen-bond donors (Lipinski definition) is 0. The average molecular weight is 465 g/mol. The zero-order valence-electron chi connectivity index (χ0n) is 17.3. The highest BCUT2D eigenvalue weighted by atomic mass is 32.2. The fraction of sp³-hybridized carbons (Fsp3) is 0.160. The van der Waals surface area contributed by atoms with Gasteiger partial charge in [-0.05, 0) is 36.2 Å². The quantitative estimate of drug-likeness (QED) is 0.0972. The summed E-state index contributed by atoms with van der Waals surface area (Å²) in [5.41, 5.74) is 2.30. The predicted octanol–water partition coefficient (Wildman–Crippen LogP) is 6.21. The Morgan fingerprint density at radius 1 is 1.16 bits per heavy atom. The highest BCUT2D eigenvalue weighted by Crippen LogP contribution is 2.32. The summed E-state index contributed by atoms with van der Waals surface area (Å²) in [6, 6.07) is 15.4. The van der Waals surface area contributed by atoms with E-state index in [1.165, 1.54) is 47.4 Å². The number of ketones is 1. The summed E-state index contributed by atoms with van der Waals surface area (Å²) in [5, 5.41) is 3.22. The van der Waals surface area contributed by atoms with E-state index in [2.05, 4.69) is 6.58 Å². The lowest BCUT2D eigenvalue weighted by atomic mass is 10.1. The minimum absolute atomic E-state index is 0.0248. The minimum atomic E-state index is -0.359. The number of thiophene rings is 1. The highest BCUT2D eigenvalue weighted by Gasteiger charge is 2.17. The van der Waals surface area contributed by atoms with Gasteiger partial charge in [-0.15, -0.1) is 17.9 Å². The Balaban J connectivity index is 1.53. The number of thioether (sulfide) groups is 1. The standard InChI is InChI=1S/C25H21FN2O2S2/c1-2-14-28-24(30)22-20(17-7-4-3-5-8-17)16-32-23(22)27-25(28)31-15-6-9-21(29)18-10-12-19(26)13-11-18/h2-5,7-8,10-13,16H,1,6,9,14-15H2. The first kappa shape index (κ1) is 22.2. The third-order valence-electron chi connectivity index (χ3n) is 5.00. The van der Waals surface area contributed by atoms with Crippen molar-refractivity contribution in [1.82, 2.24) is 9.55 Å². The third-order valence-corrected chi connectivity index (χ3v) is 6.94. The van der Waals surface area contributed by atoms with Crippen LogP contribution in [0.5, 0.6) is 0 Å². The summed E-state index contributed by atoms with van der Waals surface area (Å²) >= 11 is 2.92. The van der Waals surface area contributed by atoms with Gasteiger partial charge in [0.05, 0.1) is 5.39 Å². The number of aromatic nitrogens is 2. The van der Waals surface area contributed by atoms with Gasteiger partial charge in [0, 0.05) is 35.2 Å². The van der Waals surface area contributed by atoms with Crippen molar-refractivity contribution in [3.8, 4) is 11.1 Å². The van der Waals surface area contributed by atoms with Gasteiger partial charge in [0.15, 0.2) is 10.9 Å². The molecule has 0 aliphatic carbocycles. The predicted molar refractivity (Wildman–Crippen MR) is 130 cm³/mol. The van der Waals surface area contributed by atoms with Gasteiger partial charge in [0.1, 0.15) is 10.6 Å². The second-order valence-electron chi connectivity index (χ2n) is 7.18. The van der Waals surface area contributed by atoms with Crippen molar-refractivity contribution >= 4 is 39.1 Å². The summed E-state index contributed by atoms with van der Waals surface area (Å²) in [7, 11) is 0. The van der Waals surface area contributed by atoms with Crippen molar-refractivity contribution in [2.24, 2.45) is 0 Å². The Bertz CT molecular complexity index is 1310. The first-order valence-electron chi connectivity index (χ1n) is 10.2. The lowest BCUT2D eigenvalue weighted by molar-refractivity contribution is 0.0982. The summed E-state index contributed by atoms with van der Waals surface area (Å²) < 4.78 is 14.7. The van der Waals surface area contributed by atoms with Crippen LogP contribution in [0.4, 0.5) is 4.39 Å². The van der Waals surface area contributed by atoms with E-state index in [-0.39, 0.29) is 17.2 Å². The summed E-state index contributed by atoms with van der Waals surface area (Å²) in [5.74, 6) is 0.255. The molecular formula is C25H21FN2O2S2. The highest BCUT2D eigenvalue weighted by molar-refractivity contribution is 7.99. The molecule has 0 saturated heterocycles. The number of rotatable bonds is 9. The molecule has 162 valence electrons. The molecular weight excluding hydrogens is 443 g/mol. The SMILES string of the molecule is C=CCn1c(SCCCC(=O)c2ccc(F)cc2)nc2scc(-c3ccccc3)c2c1=O. The topological polar surface area (TPSA) is 52.0 Å². The molecule has 0 saturated carbocycles. The molecule has 0 aliphatic heterocycles.